The maximum absolute atomic E-state index is 8.84. The molecule has 2 rings (SSSR count). The minimum Gasteiger partial charge on any atom is -0.354 e. The van der Waals surface area contributed by atoms with Crippen molar-refractivity contribution < 1.29 is 0 Å². The second-order valence-corrected chi connectivity index (χ2v) is 4.27. The third-order valence-electron chi connectivity index (χ3n) is 2.48. The first kappa shape index (κ1) is 12.3. The molecule has 0 aliphatic rings. The van der Waals surface area contributed by atoms with Crippen molar-refractivity contribution in [3.05, 3.63) is 52.7 Å². The molecule has 0 fully saturated rings. The molecule has 1 heterocycles. The molecule has 0 saturated carbocycles. The zero-order valence-corrected chi connectivity index (χ0v) is 10.6. The van der Waals surface area contributed by atoms with Crippen LogP contribution in [-0.4, -0.2) is 17.2 Å². The van der Waals surface area contributed by atoms with Crippen LogP contribution < -0.4 is 4.90 Å². The van der Waals surface area contributed by atoms with Crippen molar-refractivity contribution in [1.29, 1.82) is 5.26 Å². The van der Waals surface area contributed by atoms with Crippen LogP contribution in [0, 0.1) is 11.3 Å². The van der Waals surface area contributed by atoms with Crippen molar-refractivity contribution in [3.63, 3.8) is 0 Å². The van der Waals surface area contributed by atoms with Gasteiger partial charge in [0.2, 0.25) is 0 Å². The van der Waals surface area contributed by atoms with E-state index in [1.54, 1.807) is 12.1 Å². The molecule has 0 amide bonds. The summed E-state index contributed by atoms with van der Waals surface area (Å²) in [5.74, 6) is 0.738. The lowest BCUT2D eigenvalue weighted by molar-refractivity contribution is 0.866. The number of halogens is 1. The van der Waals surface area contributed by atoms with Crippen molar-refractivity contribution in [1.82, 2.24) is 10.2 Å². The summed E-state index contributed by atoms with van der Waals surface area (Å²) in [7, 11) is 1.91. The molecule has 5 heteroatoms. The first-order valence-electron chi connectivity index (χ1n) is 5.38. The molecule has 1 aromatic carbocycles. The van der Waals surface area contributed by atoms with Gasteiger partial charge in [0.15, 0.2) is 11.0 Å². The Morgan fingerprint density at radius 2 is 2.11 bits per heavy atom. The van der Waals surface area contributed by atoms with E-state index in [1.807, 2.05) is 36.2 Å². The summed E-state index contributed by atoms with van der Waals surface area (Å²) in [6.45, 7) is 0.659. The van der Waals surface area contributed by atoms with Crippen LogP contribution in [0.25, 0.3) is 0 Å². The predicted molar refractivity (Wildman–Crippen MR) is 70.3 cm³/mol. The Labute approximate surface area is 110 Å². The van der Waals surface area contributed by atoms with Crippen molar-refractivity contribution >= 4 is 17.4 Å². The molecule has 0 saturated heterocycles. The van der Waals surface area contributed by atoms with Crippen molar-refractivity contribution in [2.45, 2.75) is 6.54 Å². The van der Waals surface area contributed by atoms with Crippen LogP contribution >= 0.6 is 11.6 Å². The lowest BCUT2D eigenvalue weighted by Gasteiger charge is -2.17. The Morgan fingerprint density at radius 1 is 1.28 bits per heavy atom. The largest absolute Gasteiger partial charge is 0.354 e. The summed E-state index contributed by atoms with van der Waals surface area (Å²) in [5.41, 5.74) is 1.70. The highest BCUT2D eigenvalue weighted by atomic mass is 35.5. The molecule has 0 bridgehead atoms. The van der Waals surface area contributed by atoms with Crippen molar-refractivity contribution in [2.24, 2.45) is 0 Å². The number of hydrogen-bond donors (Lipinski definition) is 0. The van der Waals surface area contributed by atoms with Gasteiger partial charge in [0.1, 0.15) is 0 Å². The molecule has 0 unspecified atom stereocenters. The monoisotopic (exact) mass is 258 g/mol. The van der Waals surface area contributed by atoms with Crippen LogP contribution in [0.5, 0.6) is 0 Å². The fraction of sp³-hybridized carbons (Fsp3) is 0.154. The van der Waals surface area contributed by atoms with E-state index in [9.17, 15) is 0 Å². The van der Waals surface area contributed by atoms with Gasteiger partial charge in [0.25, 0.3) is 0 Å². The third-order valence-corrected chi connectivity index (χ3v) is 2.69. The van der Waals surface area contributed by atoms with E-state index < -0.39 is 0 Å². The molecule has 0 N–H and O–H groups in total. The lowest BCUT2D eigenvalue weighted by Crippen LogP contribution is -2.18. The van der Waals surface area contributed by atoms with Gasteiger partial charge in [0.05, 0.1) is 11.6 Å². The number of nitriles is 1. The number of nitrogens with zero attached hydrogens (tertiary/aromatic N) is 4. The van der Waals surface area contributed by atoms with Crippen LogP contribution in [0.4, 0.5) is 5.82 Å². The van der Waals surface area contributed by atoms with Crippen molar-refractivity contribution in [3.8, 4) is 6.07 Å². The standard InChI is InChI=1S/C13H11ClN4/c1-18(13-6-5-12(14)16-17-13)9-11-4-2-3-10(7-11)8-15/h2-7H,9H2,1H3. The number of rotatable bonds is 3. The highest BCUT2D eigenvalue weighted by molar-refractivity contribution is 6.29. The number of anilines is 1. The van der Waals surface area contributed by atoms with E-state index in [4.69, 9.17) is 16.9 Å². The highest BCUT2D eigenvalue weighted by Gasteiger charge is 2.04. The zero-order chi connectivity index (χ0) is 13.0. The number of aromatic nitrogens is 2. The average Bonchev–Trinajstić information content (AvgIpc) is 2.39. The van der Waals surface area contributed by atoms with Gasteiger partial charge in [-0.1, -0.05) is 23.7 Å². The average molecular weight is 259 g/mol. The molecule has 0 atom stereocenters. The van der Waals surface area contributed by atoms with Gasteiger partial charge in [-0.05, 0) is 29.8 Å². The van der Waals surface area contributed by atoms with Crippen molar-refractivity contribution in [2.75, 3.05) is 11.9 Å². The maximum Gasteiger partial charge on any atom is 0.151 e. The smallest absolute Gasteiger partial charge is 0.151 e. The van der Waals surface area contributed by atoms with Gasteiger partial charge in [-0.25, -0.2) is 0 Å². The van der Waals surface area contributed by atoms with E-state index in [0.29, 0.717) is 17.3 Å². The first-order valence-corrected chi connectivity index (χ1v) is 5.76. The third kappa shape index (κ3) is 2.96. The first-order chi connectivity index (χ1) is 8.69. The zero-order valence-electron chi connectivity index (χ0n) is 9.84. The summed E-state index contributed by atoms with van der Waals surface area (Å²) in [6, 6.07) is 13.1. The molecule has 0 aliphatic carbocycles. The topological polar surface area (TPSA) is 52.8 Å². The van der Waals surface area contributed by atoms with Crippen LogP contribution in [0.15, 0.2) is 36.4 Å². The second kappa shape index (κ2) is 5.48. The molecule has 90 valence electrons. The van der Waals surface area contributed by atoms with Crippen LogP contribution in [0.2, 0.25) is 5.15 Å². The molecule has 4 nitrogen and oxygen atoms in total. The van der Waals surface area contributed by atoms with E-state index in [1.165, 1.54) is 0 Å². The molecular weight excluding hydrogens is 248 g/mol. The molecule has 0 aliphatic heterocycles. The molecule has 1 aromatic heterocycles. The van der Waals surface area contributed by atoms with E-state index >= 15 is 0 Å². The summed E-state index contributed by atoms with van der Waals surface area (Å²) in [5, 5.41) is 17.0. The highest BCUT2D eigenvalue weighted by Crippen LogP contribution is 2.14. The number of benzene rings is 1. The lowest BCUT2D eigenvalue weighted by atomic mass is 10.1. The Kier molecular flexibility index (Phi) is 3.75. The van der Waals surface area contributed by atoms with Gasteiger partial charge in [-0.2, -0.15) is 5.26 Å². The second-order valence-electron chi connectivity index (χ2n) is 3.88. The summed E-state index contributed by atoms with van der Waals surface area (Å²) in [4.78, 5) is 1.94. The van der Waals surface area contributed by atoms with E-state index in [2.05, 4.69) is 16.3 Å². The minimum absolute atomic E-state index is 0.374. The summed E-state index contributed by atoms with van der Waals surface area (Å²) >= 11 is 5.69. The van der Waals surface area contributed by atoms with E-state index in [-0.39, 0.29) is 0 Å². The normalized spacial score (nSPS) is 9.83. The Hall–Kier alpha value is -2.12. The molecule has 18 heavy (non-hydrogen) atoms. The Balaban J connectivity index is 2.13. The van der Waals surface area contributed by atoms with Crippen LogP contribution in [0.3, 0.4) is 0 Å². The maximum atomic E-state index is 8.84. The van der Waals surface area contributed by atoms with Gasteiger partial charge in [-0.15, -0.1) is 10.2 Å². The van der Waals surface area contributed by atoms with Gasteiger partial charge >= 0.3 is 0 Å². The van der Waals surface area contributed by atoms with Crippen LogP contribution in [0.1, 0.15) is 11.1 Å². The summed E-state index contributed by atoms with van der Waals surface area (Å²) in [6.07, 6.45) is 0. The number of hydrogen-bond acceptors (Lipinski definition) is 4. The van der Waals surface area contributed by atoms with E-state index in [0.717, 1.165) is 11.4 Å². The molecule has 2 aromatic rings. The van der Waals surface area contributed by atoms with Gasteiger partial charge in [-0.3, -0.25) is 0 Å². The Bertz CT molecular complexity index is 574. The van der Waals surface area contributed by atoms with Gasteiger partial charge in [0, 0.05) is 13.6 Å². The molecule has 0 spiro atoms. The SMILES string of the molecule is CN(Cc1cccc(C#N)c1)c1ccc(Cl)nn1. The quantitative estimate of drug-likeness (QED) is 0.849. The van der Waals surface area contributed by atoms with Gasteiger partial charge < -0.3 is 4.90 Å². The Morgan fingerprint density at radius 3 is 2.78 bits per heavy atom. The molecule has 0 radical (unpaired) electrons. The predicted octanol–water partition coefficient (Wildman–Crippen LogP) is 2.64. The summed E-state index contributed by atoms with van der Waals surface area (Å²) < 4.78 is 0. The minimum atomic E-state index is 0.374. The fourth-order valence-corrected chi connectivity index (χ4v) is 1.71. The molecular formula is C13H11ClN4. The fourth-order valence-electron chi connectivity index (χ4n) is 1.61. The van der Waals surface area contributed by atoms with Crippen LogP contribution in [-0.2, 0) is 6.54 Å².